The number of aryl methyl sites for hydroxylation is 1. The lowest BCUT2D eigenvalue weighted by Gasteiger charge is -2.29. The van der Waals surface area contributed by atoms with Gasteiger partial charge in [-0.3, -0.25) is 14.2 Å². The smallest absolute Gasteiger partial charge is 0.260 e. The van der Waals surface area contributed by atoms with Crippen molar-refractivity contribution >= 4 is 23.5 Å². The van der Waals surface area contributed by atoms with Crippen molar-refractivity contribution in [2.75, 3.05) is 11.9 Å². The molecule has 0 saturated heterocycles. The number of halogens is 2. The molecule has 0 bridgehead atoms. The minimum Gasteiger partial charge on any atom is -0.351 e. The average molecular weight is 455 g/mol. The number of carbonyl (C=O) groups excluding carboxylic acids is 1. The highest BCUT2D eigenvalue weighted by atomic mass is 35.5. The van der Waals surface area contributed by atoms with Crippen LogP contribution in [-0.2, 0) is 26.1 Å². The summed E-state index contributed by atoms with van der Waals surface area (Å²) in [6, 6.07) is 11.8. The van der Waals surface area contributed by atoms with Crippen LogP contribution in [0.4, 0.5) is 10.3 Å². The molecule has 0 spiro atoms. The number of amides is 1. The van der Waals surface area contributed by atoms with E-state index in [9.17, 15) is 14.0 Å². The van der Waals surface area contributed by atoms with E-state index in [1.807, 2.05) is 13.0 Å². The van der Waals surface area contributed by atoms with E-state index in [2.05, 4.69) is 10.3 Å². The minimum atomic E-state index is -0.263. The number of benzene rings is 2. The van der Waals surface area contributed by atoms with Crippen LogP contribution in [0.2, 0.25) is 5.02 Å². The zero-order valence-electron chi connectivity index (χ0n) is 18.0. The quantitative estimate of drug-likeness (QED) is 0.628. The van der Waals surface area contributed by atoms with Crippen LogP contribution in [0.25, 0.3) is 0 Å². The van der Waals surface area contributed by atoms with Gasteiger partial charge in [0.15, 0.2) is 0 Å². The van der Waals surface area contributed by atoms with E-state index in [1.165, 1.54) is 6.07 Å². The van der Waals surface area contributed by atoms with E-state index in [0.29, 0.717) is 59.4 Å². The number of hydrogen-bond acceptors (Lipinski definition) is 4. The molecule has 1 amide bonds. The number of nitrogens with one attached hydrogen (secondary N) is 1. The van der Waals surface area contributed by atoms with Crippen molar-refractivity contribution in [2.45, 2.75) is 39.9 Å². The Bertz CT molecular complexity index is 1220. The Balaban J connectivity index is 1.57. The van der Waals surface area contributed by atoms with Crippen molar-refractivity contribution in [1.82, 2.24) is 14.5 Å². The number of aromatic nitrogens is 2. The van der Waals surface area contributed by atoms with Gasteiger partial charge in [-0.2, -0.15) is 0 Å². The van der Waals surface area contributed by atoms with Crippen LogP contribution in [0.15, 0.2) is 47.3 Å². The van der Waals surface area contributed by atoms with Crippen molar-refractivity contribution in [2.24, 2.45) is 0 Å². The van der Waals surface area contributed by atoms with Crippen LogP contribution >= 0.6 is 11.6 Å². The molecule has 0 aliphatic carbocycles. The molecule has 32 heavy (non-hydrogen) atoms. The molecular formula is C24H24ClFN4O2. The molecule has 0 saturated carbocycles. The summed E-state index contributed by atoms with van der Waals surface area (Å²) in [7, 11) is 0. The number of fused-ring (bicyclic) bond motifs is 1. The molecule has 2 aromatic carbocycles. The van der Waals surface area contributed by atoms with Gasteiger partial charge in [0.1, 0.15) is 5.82 Å². The molecule has 3 aromatic rings. The molecule has 2 heterocycles. The second kappa shape index (κ2) is 9.12. The normalized spacial score (nSPS) is 13.1. The molecule has 166 valence electrons. The van der Waals surface area contributed by atoms with E-state index in [4.69, 9.17) is 11.6 Å². The molecule has 0 atom stereocenters. The number of rotatable bonds is 5. The minimum absolute atomic E-state index is 0.140. The molecule has 1 N–H and O–H groups in total. The van der Waals surface area contributed by atoms with Crippen LogP contribution in [0, 0.1) is 12.7 Å². The third-order valence-electron chi connectivity index (χ3n) is 5.70. The molecule has 6 nitrogen and oxygen atoms in total. The maximum Gasteiger partial charge on any atom is 0.260 e. The lowest BCUT2D eigenvalue weighted by Crippen LogP contribution is -2.41. The fourth-order valence-electron chi connectivity index (χ4n) is 3.82. The summed E-state index contributed by atoms with van der Waals surface area (Å²) in [4.78, 5) is 32.4. The van der Waals surface area contributed by atoms with Gasteiger partial charge in [-0.1, -0.05) is 23.7 Å². The summed E-state index contributed by atoms with van der Waals surface area (Å²) in [6.07, 6.45) is 0.488. The second-order valence-electron chi connectivity index (χ2n) is 7.83. The van der Waals surface area contributed by atoms with Crippen molar-refractivity contribution in [1.29, 1.82) is 0 Å². The first kappa shape index (κ1) is 22.0. The number of anilines is 1. The third-order valence-corrected chi connectivity index (χ3v) is 5.95. The second-order valence-corrected chi connectivity index (χ2v) is 8.27. The Morgan fingerprint density at radius 2 is 1.97 bits per heavy atom. The lowest BCUT2D eigenvalue weighted by atomic mass is 10.1. The zero-order chi connectivity index (χ0) is 22.8. The summed E-state index contributed by atoms with van der Waals surface area (Å²) in [5.74, 6) is 0.0501. The Morgan fingerprint density at radius 1 is 1.22 bits per heavy atom. The lowest BCUT2D eigenvalue weighted by molar-refractivity contribution is 0.0732. The Hall–Kier alpha value is -3.19. The van der Waals surface area contributed by atoms with E-state index in [-0.39, 0.29) is 23.8 Å². The maximum atomic E-state index is 13.8. The predicted octanol–water partition coefficient (Wildman–Crippen LogP) is 4.17. The van der Waals surface area contributed by atoms with Gasteiger partial charge in [0.2, 0.25) is 5.95 Å². The van der Waals surface area contributed by atoms with Gasteiger partial charge >= 0.3 is 0 Å². The third kappa shape index (κ3) is 4.39. The first-order valence-electron chi connectivity index (χ1n) is 10.5. The molecule has 8 heteroatoms. The van der Waals surface area contributed by atoms with Crippen molar-refractivity contribution < 1.29 is 9.18 Å². The van der Waals surface area contributed by atoms with Gasteiger partial charge < -0.3 is 10.2 Å². The molecule has 4 rings (SSSR count). The summed E-state index contributed by atoms with van der Waals surface area (Å²) >= 11 is 5.92. The molecule has 0 fully saturated rings. The summed E-state index contributed by atoms with van der Waals surface area (Å²) in [6.45, 7) is 5.04. The fourth-order valence-corrected chi connectivity index (χ4v) is 3.94. The molecule has 0 radical (unpaired) electrons. The van der Waals surface area contributed by atoms with E-state index in [1.54, 1.807) is 46.7 Å². The number of carbonyl (C=O) groups is 1. The van der Waals surface area contributed by atoms with Crippen LogP contribution in [0.3, 0.4) is 0 Å². The van der Waals surface area contributed by atoms with Crippen LogP contribution in [-0.4, -0.2) is 26.9 Å². The molecule has 1 aliphatic heterocycles. The van der Waals surface area contributed by atoms with Gasteiger partial charge in [-0.25, -0.2) is 9.37 Å². The van der Waals surface area contributed by atoms with Crippen molar-refractivity contribution in [3.63, 3.8) is 0 Å². The van der Waals surface area contributed by atoms with Crippen LogP contribution in [0.5, 0.6) is 0 Å². The summed E-state index contributed by atoms with van der Waals surface area (Å²) < 4.78 is 15.4. The molecule has 0 unspecified atom stereocenters. The fraction of sp³-hybridized carbons (Fsp3) is 0.292. The Morgan fingerprint density at radius 3 is 2.66 bits per heavy atom. The SMILES string of the molecule is CCn1c(NCc2ccc(C)c(F)c2)nc2c(c1=O)CN(C(=O)c1ccc(Cl)cc1)CC2. The van der Waals surface area contributed by atoms with Gasteiger partial charge in [0.05, 0.1) is 17.8 Å². The first-order valence-corrected chi connectivity index (χ1v) is 10.9. The van der Waals surface area contributed by atoms with Crippen LogP contribution in [0.1, 0.15) is 39.7 Å². The highest BCUT2D eigenvalue weighted by molar-refractivity contribution is 6.30. The molecule has 1 aliphatic rings. The van der Waals surface area contributed by atoms with Gasteiger partial charge in [-0.05, 0) is 55.3 Å². The predicted molar refractivity (Wildman–Crippen MR) is 123 cm³/mol. The van der Waals surface area contributed by atoms with Gasteiger partial charge in [-0.15, -0.1) is 0 Å². The summed E-state index contributed by atoms with van der Waals surface area (Å²) in [5.41, 5.74) is 2.95. The number of nitrogens with zero attached hydrogens (tertiary/aromatic N) is 3. The van der Waals surface area contributed by atoms with Gasteiger partial charge in [0, 0.05) is 36.6 Å². The van der Waals surface area contributed by atoms with Crippen molar-refractivity contribution in [3.05, 3.63) is 91.6 Å². The standard InChI is InChI=1S/C24H24ClFN4O2/c1-3-30-23(32)19-14-29(22(31)17-6-8-18(25)9-7-17)11-10-21(19)28-24(30)27-13-16-5-4-15(2)20(26)12-16/h4-9,12H,3,10-11,13-14H2,1-2H3,(H,27,28). The van der Waals surface area contributed by atoms with E-state index >= 15 is 0 Å². The van der Waals surface area contributed by atoms with E-state index in [0.717, 1.165) is 5.56 Å². The van der Waals surface area contributed by atoms with Crippen LogP contribution < -0.4 is 10.9 Å². The van der Waals surface area contributed by atoms with Crippen molar-refractivity contribution in [3.8, 4) is 0 Å². The first-order chi connectivity index (χ1) is 15.4. The average Bonchev–Trinajstić information content (AvgIpc) is 2.80. The summed E-state index contributed by atoms with van der Waals surface area (Å²) in [5, 5.41) is 3.74. The zero-order valence-corrected chi connectivity index (χ0v) is 18.7. The molecule has 1 aromatic heterocycles. The van der Waals surface area contributed by atoms with Gasteiger partial charge in [0.25, 0.3) is 11.5 Å². The maximum absolute atomic E-state index is 13.8. The van der Waals surface area contributed by atoms with E-state index < -0.39 is 0 Å². The Kier molecular flexibility index (Phi) is 6.28. The monoisotopic (exact) mass is 454 g/mol. The highest BCUT2D eigenvalue weighted by Gasteiger charge is 2.26. The Labute approximate surface area is 190 Å². The largest absolute Gasteiger partial charge is 0.351 e. The topological polar surface area (TPSA) is 67.2 Å². The number of hydrogen-bond donors (Lipinski definition) is 1. The molecular weight excluding hydrogens is 431 g/mol. The highest BCUT2D eigenvalue weighted by Crippen LogP contribution is 2.20.